The van der Waals surface area contributed by atoms with Gasteiger partial charge in [-0.1, -0.05) is 31.9 Å². The van der Waals surface area contributed by atoms with Crippen molar-refractivity contribution in [2.75, 3.05) is 5.32 Å². The van der Waals surface area contributed by atoms with Crippen LogP contribution in [-0.2, 0) is 17.8 Å². The summed E-state index contributed by atoms with van der Waals surface area (Å²) in [6, 6.07) is 3.92. The maximum Gasteiger partial charge on any atom is 0.225 e. The van der Waals surface area contributed by atoms with Gasteiger partial charge in [-0.3, -0.25) is 14.6 Å². The first-order valence-corrected chi connectivity index (χ1v) is 11.8. The highest BCUT2D eigenvalue weighted by Gasteiger charge is 2.32. The number of pyridine rings is 1. The normalized spacial score (nSPS) is 22.0. The first-order valence-electron chi connectivity index (χ1n) is 11.4. The van der Waals surface area contributed by atoms with Crippen molar-refractivity contribution < 1.29 is 4.79 Å². The van der Waals surface area contributed by atoms with Crippen molar-refractivity contribution >= 4 is 23.3 Å². The van der Waals surface area contributed by atoms with E-state index in [1.165, 1.54) is 11.4 Å². The van der Waals surface area contributed by atoms with E-state index in [0.29, 0.717) is 29.1 Å². The Kier molecular flexibility index (Phi) is 5.53. The lowest BCUT2D eigenvalue weighted by Gasteiger charge is -2.28. The number of carbonyl (C=O) groups is 1. The summed E-state index contributed by atoms with van der Waals surface area (Å²) in [7, 11) is 0. The Bertz CT molecular complexity index is 1120. The third kappa shape index (κ3) is 4.31. The van der Waals surface area contributed by atoms with Crippen molar-refractivity contribution in [3.05, 3.63) is 47.1 Å². The van der Waals surface area contributed by atoms with Crippen LogP contribution in [0.4, 0.5) is 5.82 Å². The summed E-state index contributed by atoms with van der Waals surface area (Å²) in [5, 5.41) is 15.3. The summed E-state index contributed by atoms with van der Waals surface area (Å²) in [6.45, 7) is 5.39. The molecule has 2 atom stereocenters. The van der Waals surface area contributed by atoms with Gasteiger partial charge < -0.3 is 5.32 Å². The molecule has 1 fully saturated rings. The summed E-state index contributed by atoms with van der Waals surface area (Å²) in [5.74, 6) is 1.36. The number of halogens is 1. The quantitative estimate of drug-likeness (QED) is 0.556. The molecule has 8 heteroatoms. The molecule has 1 saturated carbocycles. The molecule has 0 bridgehead atoms. The number of hydrogen-bond donors (Lipinski definition) is 2. The van der Waals surface area contributed by atoms with Gasteiger partial charge in [0.15, 0.2) is 0 Å². The average molecular weight is 453 g/mol. The molecule has 7 nitrogen and oxygen atoms in total. The minimum absolute atomic E-state index is 0.00222. The molecule has 0 aromatic carbocycles. The van der Waals surface area contributed by atoms with Crippen LogP contribution < -0.4 is 5.32 Å². The second-order valence-electron chi connectivity index (χ2n) is 10.0. The molecule has 1 aliphatic carbocycles. The Morgan fingerprint density at radius 1 is 1.31 bits per heavy atom. The van der Waals surface area contributed by atoms with Gasteiger partial charge in [-0.2, -0.15) is 10.2 Å². The van der Waals surface area contributed by atoms with E-state index in [-0.39, 0.29) is 11.3 Å². The average Bonchev–Trinajstić information content (AvgIpc) is 3.46. The minimum Gasteiger partial charge on any atom is -0.311 e. The lowest BCUT2D eigenvalue weighted by molar-refractivity contribution is -0.117. The van der Waals surface area contributed by atoms with E-state index in [1.54, 1.807) is 12.4 Å². The highest BCUT2D eigenvalue weighted by molar-refractivity contribution is 6.33. The van der Waals surface area contributed by atoms with Crippen molar-refractivity contribution in [3.8, 4) is 11.1 Å². The summed E-state index contributed by atoms with van der Waals surface area (Å²) >= 11 is 6.50. The van der Waals surface area contributed by atoms with Gasteiger partial charge in [0.1, 0.15) is 5.82 Å². The second kappa shape index (κ2) is 8.35. The van der Waals surface area contributed by atoms with Crippen molar-refractivity contribution in [2.45, 2.75) is 64.8 Å². The van der Waals surface area contributed by atoms with Crippen LogP contribution >= 0.6 is 11.6 Å². The molecule has 1 aliphatic heterocycles. The number of fused-ring (bicyclic) bond motifs is 1. The second-order valence-corrected chi connectivity index (χ2v) is 10.5. The van der Waals surface area contributed by atoms with Crippen molar-refractivity contribution in [1.29, 1.82) is 0 Å². The van der Waals surface area contributed by atoms with Crippen LogP contribution in [0.2, 0.25) is 5.02 Å². The zero-order chi connectivity index (χ0) is 22.3. The van der Waals surface area contributed by atoms with Gasteiger partial charge in [0.25, 0.3) is 0 Å². The van der Waals surface area contributed by atoms with Gasteiger partial charge in [0.2, 0.25) is 5.91 Å². The topological polar surface area (TPSA) is 88.5 Å². The van der Waals surface area contributed by atoms with E-state index in [0.717, 1.165) is 49.8 Å². The zero-order valence-corrected chi connectivity index (χ0v) is 19.3. The number of nitrogens with zero attached hydrogens (tertiary/aromatic N) is 4. The van der Waals surface area contributed by atoms with Crippen LogP contribution in [0.5, 0.6) is 0 Å². The highest BCUT2D eigenvalue weighted by Crippen LogP contribution is 2.40. The fourth-order valence-electron chi connectivity index (χ4n) is 5.30. The molecular formula is C24H29ClN6O. The summed E-state index contributed by atoms with van der Waals surface area (Å²) in [4.78, 5) is 17.2. The number of aromatic nitrogens is 5. The molecule has 5 rings (SSSR count). The number of aromatic amines is 1. The maximum absolute atomic E-state index is 12.8. The predicted octanol–water partition coefficient (Wildman–Crippen LogP) is 5.21. The van der Waals surface area contributed by atoms with Crippen LogP contribution in [0.3, 0.4) is 0 Å². The molecule has 0 spiro atoms. The molecule has 0 unspecified atom stereocenters. The molecule has 0 radical (unpaired) electrons. The Balaban J connectivity index is 1.27. The minimum atomic E-state index is 0.00222. The zero-order valence-electron chi connectivity index (χ0n) is 18.6. The SMILES string of the molecule is CC1(C)Cc2c(-c3cc(NC(=O)C[C@@H]4CCC[C@@H](c5ccn[nH]5)C4)ncc3Cl)cnn2C1. The van der Waals surface area contributed by atoms with Crippen LogP contribution in [-0.4, -0.2) is 30.9 Å². The fourth-order valence-corrected chi connectivity index (χ4v) is 5.50. The predicted molar refractivity (Wildman–Crippen MR) is 124 cm³/mol. The molecule has 2 N–H and O–H groups in total. The van der Waals surface area contributed by atoms with Crippen LogP contribution in [0.15, 0.2) is 30.7 Å². The monoisotopic (exact) mass is 452 g/mol. The first-order chi connectivity index (χ1) is 15.4. The van der Waals surface area contributed by atoms with Crippen molar-refractivity contribution in [2.24, 2.45) is 11.3 Å². The lowest BCUT2D eigenvalue weighted by atomic mass is 9.78. The Labute approximate surface area is 193 Å². The van der Waals surface area contributed by atoms with Crippen molar-refractivity contribution in [1.82, 2.24) is 25.0 Å². The molecular weight excluding hydrogens is 424 g/mol. The highest BCUT2D eigenvalue weighted by atomic mass is 35.5. The van der Waals surface area contributed by atoms with E-state index in [1.807, 2.05) is 18.3 Å². The van der Waals surface area contributed by atoms with E-state index >= 15 is 0 Å². The molecule has 2 aliphatic rings. The van der Waals surface area contributed by atoms with E-state index < -0.39 is 0 Å². The number of carbonyl (C=O) groups excluding carboxylic acids is 1. The third-order valence-corrected chi connectivity index (χ3v) is 7.11. The molecule has 0 saturated heterocycles. The number of H-pyrrole nitrogens is 1. The maximum atomic E-state index is 12.8. The van der Waals surface area contributed by atoms with Crippen LogP contribution in [0, 0.1) is 11.3 Å². The Morgan fingerprint density at radius 3 is 3.00 bits per heavy atom. The standard InChI is InChI=1S/C24H29ClN6O/c1-24(2)11-21-18(12-28-31(21)14-24)17-10-22(26-13-19(17)25)29-23(32)9-15-4-3-5-16(8-15)20-6-7-27-30-20/h6-7,10,12-13,15-16H,3-5,8-9,11,14H2,1-2H3,(H,27,30)(H,26,29,32)/t15-,16-/m1/s1. The lowest BCUT2D eigenvalue weighted by Crippen LogP contribution is -2.21. The van der Waals surface area contributed by atoms with E-state index in [9.17, 15) is 4.79 Å². The molecule has 168 valence electrons. The third-order valence-electron chi connectivity index (χ3n) is 6.80. The molecule has 1 amide bonds. The van der Waals surface area contributed by atoms with E-state index in [2.05, 4.69) is 44.1 Å². The van der Waals surface area contributed by atoms with Gasteiger partial charge in [0, 0.05) is 53.8 Å². The first kappa shape index (κ1) is 21.2. The van der Waals surface area contributed by atoms with Gasteiger partial charge in [0.05, 0.1) is 11.2 Å². The summed E-state index contributed by atoms with van der Waals surface area (Å²) in [5.41, 5.74) is 4.44. The molecule has 3 aromatic heterocycles. The number of amides is 1. The Hall–Kier alpha value is -2.67. The fraction of sp³-hybridized carbons (Fsp3) is 0.500. The number of hydrogen-bond acceptors (Lipinski definition) is 4. The smallest absolute Gasteiger partial charge is 0.225 e. The number of rotatable bonds is 5. The molecule has 32 heavy (non-hydrogen) atoms. The van der Waals surface area contributed by atoms with Crippen molar-refractivity contribution in [3.63, 3.8) is 0 Å². The van der Waals surface area contributed by atoms with Crippen LogP contribution in [0.25, 0.3) is 11.1 Å². The number of anilines is 1. The largest absolute Gasteiger partial charge is 0.311 e. The van der Waals surface area contributed by atoms with E-state index in [4.69, 9.17) is 11.6 Å². The van der Waals surface area contributed by atoms with Gasteiger partial charge >= 0.3 is 0 Å². The van der Waals surface area contributed by atoms with Gasteiger partial charge in [-0.05, 0) is 49.1 Å². The summed E-state index contributed by atoms with van der Waals surface area (Å²) < 4.78 is 2.06. The molecule has 3 aromatic rings. The number of nitrogens with one attached hydrogen (secondary N) is 2. The van der Waals surface area contributed by atoms with Gasteiger partial charge in [-0.15, -0.1) is 0 Å². The summed E-state index contributed by atoms with van der Waals surface area (Å²) in [6.07, 6.45) is 11.1. The Morgan fingerprint density at radius 2 is 2.19 bits per heavy atom. The van der Waals surface area contributed by atoms with Gasteiger partial charge in [-0.25, -0.2) is 4.98 Å². The van der Waals surface area contributed by atoms with Crippen LogP contribution in [0.1, 0.15) is 63.3 Å². The molecule has 4 heterocycles.